The second kappa shape index (κ2) is 6.86. The van der Waals surface area contributed by atoms with Gasteiger partial charge < -0.3 is 10.1 Å². The van der Waals surface area contributed by atoms with Gasteiger partial charge in [0.2, 0.25) is 5.91 Å². The van der Waals surface area contributed by atoms with Crippen LogP contribution in [-0.4, -0.2) is 19.1 Å². The quantitative estimate of drug-likeness (QED) is 0.813. The number of benzene rings is 2. The SMILES string of the molecule is N#Cc1cccc([C@]2(CNC(=O)[C@H]3C[C@@H]3c3ccc(Br)cc3)CCO2)c1. The van der Waals surface area contributed by atoms with Crippen LogP contribution >= 0.6 is 15.9 Å². The lowest BCUT2D eigenvalue weighted by atomic mass is 9.85. The molecule has 1 saturated carbocycles. The van der Waals surface area contributed by atoms with E-state index >= 15 is 0 Å². The summed E-state index contributed by atoms with van der Waals surface area (Å²) in [5.74, 6) is 0.436. The van der Waals surface area contributed by atoms with Crippen LogP contribution in [-0.2, 0) is 15.1 Å². The minimum absolute atomic E-state index is 0.0405. The lowest BCUT2D eigenvalue weighted by molar-refractivity contribution is -0.155. The Bertz CT molecular complexity index is 868. The zero-order chi connectivity index (χ0) is 18.1. The van der Waals surface area contributed by atoms with Crippen LogP contribution in [0.2, 0.25) is 0 Å². The predicted octanol–water partition coefficient (Wildman–Crippen LogP) is 3.86. The highest BCUT2D eigenvalue weighted by atomic mass is 79.9. The third kappa shape index (κ3) is 3.27. The van der Waals surface area contributed by atoms with E-state index < -0.39 is 5.60 Å². The van der Waals surface area contributed by atoms with Gasteiger partial charge >= 0.3 is 0 Å². The Balaban J connectivity index is 1.39. The van der Waals surface area contributed by atoms with Crippen molar-refractivity contribution < 1.29 is 9.53 Å². The average molecular weight is 411 g/mol. The van der Waals surface area contributed by atoms with E-state index in [0.717, 1.165) is 22.9 Å². The lowest BCUT2D eigenvalue weighted by Crippen LogP contribution is -2.50. The van der Waals surface area contributed by atoms with E-state index in [1.165, 1.54) is 5.56 Å². The van der Waals surface area contributed by atoms with Crippen molar-refractivity contribution in [3.05, 3.63) is 69.7 Å². The monoisotopic (exact) mass is 410 g/mol. The summed E-state index contributed by atoms with van der Waals surface area (Å²) in [7, 11) is 0. The highest BCUT2D eigenvalue weighted by Crippen LogP contribution is 2.48. The number of amides is 1. The second-order valence-corrected chi connectivity index (χ2v) is 7.92. The van der Waals surface area contributed by atoms with Gasteiger partial charge in [-0.2, -0.15) is 5.26 Å². The van der Waals surface area contributed by atoms with Crippen LogP contribution in [0.1, 0.15) is 35.4 Å². The number of nitrogens with one attached hydrogen (secondary N) is 1. The molecule has 1 aliphatic heterocycles. The van der Waals surface area contributed by atoms with Crippen LogP contribution in [0.25, 0.3) is 0 Å². The van der Waals surface area contributed by atoms with Crippen molar-refractivity contribution in [1.82, 2.24) is 5.32 Å². The number of hydrogen-bond donors (Lipinski definition) is 1. The molecule has 2 aromatic rings. The number of carbonyl (C=O) groups excluding carboxylic acids is 1. The Kier molecular flexibility index (Phi) is 4.56. The average Bonchev–Trinajstić information content (AvgIpc) is 3.42. The fraction of sp³-hybridized carbons (Fsp3) is 0.333. The van der Waals surface area contributed by atoms with Gasteiger partial charge in [0.15, 0.2) is 0 Å². The van der Waals surface area contributed by atoms with Crippen molar-refractivity contribution in [2.24, 2.45) is 5.92 Å². The van der Waals surface area contributed by atoms with Crippen LogP contribution in [0.3, 0.4) is 0 Å². The minimum Gasteiger partial charge on any atom is -0.368 e. The number of halogens is 1. The third-order valence-corrected chi connectivity index (χ3v) is 5.90. The Labute approximate surface area is 161 Å². The molecule has 2 aliphatic rings. The molecule has 2 fully saturated rings. The van der Waals surface area contributed by atoms with Crippen LogP contribution in [0.5, 0.6) is 0 Å². The topological polar surface area (TPSA) is 62.1 Å². The molecule has 1 heterocycles. The summed E-state index contributed by atoms with van der Waals surface area (Å²) >= 11 is 3.44. The maximum Gasteiger partial charge on any atom is 0.223 e. The van der Waals surface area contributed by atoms with E-state index in [0.29, 0.717) is 24.6 Å². The van der Waals surface area contributed by atoms with Crippen molar-refractivity contribution in [2.75, 3.05) is 13.2 Å². The molecule has 0 bridgehead atoms. The molecule has 5 heteroatoms. The standard InChI is InChI=1S/C21H19BrN2O2/c22-17-6-4-15(5-7-17)18-11-19(18)20(25)24-13-21(8-9-26-21)16-3-1-2-14(10-16)12-23/h1-7,10,18-19H,8-9,11,13H2,(H,24,25)/t18-,19+,21-/m1/s1. The van der Waals surface area contributed by atoms with Gasteiger partial charge in [-0.25, -0.2) is 0 Å². The van der Waals surface area contributed by atoms with E-state index in [2.05, 4.69) is 39.4 Å². The van der Waals surface area contributed by atoms with Crippen molar-refractivity contribution >= 4 is 21.8 Å². The predicted molar refractivity (Wildman–Crippen MR) is 101 cm³/mol. The molecule has 1 N–H and O–H groups in total. The molecule has 1 aliphatic carbocycles. The summed E-state index contributed by atoms with van der Waals surface area (Å²) in [5, 5.41) is 12.2. The first-order valence-corrected chi connectivity index (χ1v) is 9.58. The first-order valence-electron chi connectivity index (χ1n) is 8.79. The first-order chi connectivity index (χ1) is 12.6. The molecule has 132 valence electrons. The summed E-state index contributed by atoms with van der Waals surface area (Å²) < 4.78 is 6.90. The van der Waals surface area contributed by atoms with Crippen molar-refractivity contribution in [2.45, 2.75) is 24.4 Å². The number of carbonyl (C=O) groups is 1. The van der Waals surface area contributed by atoms with E-state index in [-0.39, 0.29) is 11.8 Å². The van der Waals surface area contributed by atoms with Crippen molar-refractivity contribution in [3.63, 3.8) is 0 Å². The molecule has 0 unspecified atom stereocenters. The number of rotatable bonds is 5. The fourth-order valence-electron chi connectivity index (χ4n) is 3.61. The van der Waals surface area contributed by atoms with Crippen LogP contribution in [0, 0.1) is 17.2 Å². The van der Waals surface area contributed by atoms with Gasteiger partial charge in [0.05, 0.1) is 24.8 Å². The van der Waals surface area contributed by atoms with Crippen LogP contribution in [0.4, 0.5) is 0 Å². The molecule has 1 amide bonds. The van der Waals surface area contributed by atoms with Gasteiger partial charge in [0, 0.05) is 16.8 Å². The molecule has 26 heavy (non-hydrogen) atoms. The molecule has 3 atom stereocenters. The minimum atomic E-state index is -0.496. The highest BCUT2D eigenvalue weighted by molar-refractivity contribution is 9.10. The summed E-state index contributed by atoms with van der Waals surface area (Å²) in [6, 6.07) is 17.8. The molecule has 0 aromatic heterocycles. The van der Waals surface area contributed by atoms with Crippen LogP contribution in [0.15, 0.2) is 53.0 Å². The largest absolute Gasteiger partial charge is 0.368 e. The number of nitrogens with zero attached hydrogens (tertiary/aromatic N) is 1. The van der Waals surface area contributed by atoms with Gasteiger partial charge in [-0.15, -0.1) is 0 Å². The number of hydrogen-bond acceptors (Lipinski definition) is 3. The molecular weight excluding hydrogens is 392 g/mol. The Morgan fingerprint density at radius 1 is 1.31 bits per heavy atom. The van der Waals surface area contributed by atoms with Gasteiger partial charge in [-0.1, -0.05) is 40.2 Å². The van der Waals surface area contributed by atoms with E-state index in [9.17, 15) is 4.79 Å². The van der Waals surface area contributed by atoms with E-state index in [1.807, 2.05) is 30.3 Å². The summed E-state index contributed by atoms with van der Waals surface area (Å²) in [4.78, 5) is 12.6. The normalized spacial score (nSPS) is 26.5. The van der Waals surface area contributed by atoms with Gasteiger partial charge in [-0.3, -0.25) is 4.79 Å². The van der Waals surface area contributed by atoms with E-state index in [4.69, 9.17) is 10.00 Å². The molecule has 4 rings (SSSR count). The number of nitriles is 1. The molecule has 1 saturated heterocycles. The van der Waals surface area contributed by atoms with Gasteiger partial charge in [-0.05, 0) is 47.7 Å². The van der Waals surface area contributed by atoms with E-state index in [1.54, 1.807) is 6.07 Å². The Morgan fingerprint density at radius 2 is 2.08 bits per heavy atom. The summed E-state index contributed by atoms with van der Waals surface area (Å²) in [5.41, 5.74) is 2.29. The highest BCUT2D eigenvalue weighted by Gasteiger charge is 2.46. The van der Waals surface area contributed by atoms with Crippen molar-refractivity contribution in [1.29, 1.82) is 5.26 Å². The second-order valence-electron chi connectivity index (χ2n) is 7.00. The molecule has 4 nitrogen and oxygen atoms in total. The molecule has 2 aromatic carbocycles. The maximum absolute atomic E-state index is 12.6. The fourth-order valence-corrected chi connectivity index (χ4v) is 3.88. The molecule has 0 radical (unpaired) electrons. The Morgan fingerprint density at radius 3 is 2.73 bits per heavy atom. The summed E-state index contributed by atoms with van der Waals surface area (Å²) in [6.07, 6.45) is 1.74. The number of ether oxygens (including phenoxy) is 1. The zero-order valence-corrected chi connectivity index (χ0v) is 15.8. The smallest absolute Gasteiger partial charge is 0.223 e. The zero-order valence-electron chi connectivity index (χ0n) is 14.2. The molecular formula is C21H19BrN2O2. The summed E-state index contributed by atoms with van der Waals surface area (Å²) in [6.45, 7) is 1.13. The molecule has 0 spiro atoms. The van der Waals surface area contributed by atoms with Crippen molar-refractivity contribution in [3.8, 4) is 6.07 Å². The third-order valence-electron chi connectivity index (χ3n) is 5.38. The Hall–Kier alpha value is -2.16. The lowest BCUT2D eigenvalue weighted by Gasteiger charge is -2.42. The van der Waals surface area contributed by atoms with Gasteiger partial charge in [0.25, 0.3) is 0 Å². The van der Waals surface area contributed by atoms with Crippen LogP contribution < -0.4 is 5.32 Å². The maximum atomic E-state index is 12.6. The van der Waals surface area contributed by atoms with Gasteiger partial charge in [0.1, 0.15) is 5.60 Å². The first kappa shape index (κ1) is 17.3.